The molecule has 0 N–H and O–H groups in total. The highest BCUT2D eigenvalue weighted by atomic mass is 31.2. The van der Waals surface area contributed by atoms with Gasteiger partial charge < -0.3 is 0 Å². The van der Waals surface area contributed by atoms with Gasteiger partial charge >= 0.3 is 0 Å². The van der Waals surface area contributed by atoms with Crippen molar-refractivity contribution in [1.82, 2.24) is 4.44 Å². The predicted molar refractivity (Wildman–Crippen MR) is 279 cm³/mol. The summed E-state index contributed by atoms with van der Waals surface area (Å²) in [4.78, 5) is 0. The lowest BCUT2D eigenvalue weighted by molar-refractivity contribution is 0.630. The lowest BCUT2D eigenvalue weighted by atomic mass is 10.2. The monoisotopic (exact) mass is 908 g/mol. The van der Waals surface area contributed by atoms with Crippen LogP contribution in [0.2, 0.25) is 36.3 Å². The Morgan fingerprint density at radius 2 is 0.710 bits per heavy atom. The van der Waals surface area contributed by atoms with Crippen molar-refractivity contribution in [2.24, 2.45) is 0 Å². The van der Waals surface area contributed by atoms with Crippen LogP contribution < -0.4 is 31.6 Å². The number of unbranched alkanes of at least 4 members (excludes halogenated alkanes) is 6. The van der Waals surface area contributed by atoms with Gasteiger partial charge in [0.25, 0.3) is 0 Å². The quantitative estimate of drug-likeness (QED) is 0.0357. The van der Waals surface area contributed by atoms with Crippen LogP contribution in [0.3, 0.4) is 0 Å². The Morgan fingerprint density at radius 1 is 0.387 bits per heavy atom. The first kappa shape index (κ1) is 50.2. The molecule has 5 aromatic rings. The van der Waals surface area contributed by atoms with E-state index in [1.807, 2.05) is 24.3 Å². The molecule has 0 aliphatic heterocycles. The molecule has 0 aliphatic rings. The summed E-state index contributed by atoms with van der Waals surface area (Å²) in [6.45, 7) is 14.6. The molecule has 0 amide bonds. The number of rotatable bonds is 28. The van der Waals surface area contributed by atoms with Gasteiger partial charge in [-0.25, -0.2) is 13.2 Å². The van der Waals surface area contributed by atoms with E-state index < -0.39 is 32.3 Å². The SMILES string of the molecule is CCCC[Si](CCCC)(CCCC)c1ccc(P(c2ccc([Si](CCCC)(CCCC)CCCC)cc2)N(Cc2ccccc2)P(c2ccccc2F)c2ccccc2F)cc1. The normalized spacial score (nSPS) is 12.2. The molecule has 7 heteroatoms. The average molecular weight is 908 g/mol. The highest BCUT2D eigenvalue weighted by molar-refractivity contribution is 7.84. The van der Waals surface area contributed by atoms with Gasteiger partial charge in [-0.15, -0.1) is 0 Å². The lowest BCUT2D eigenvalue weighted by Crippen LogP contribution is -2.48. The van der Waals surface area contributed by atoms with Gasteiger partial charge in [-0.05, 0) is 40.4 Å². The summed E-state index contributed by atoms with van der Waals surface area (Å²) in [5.74, 6) is -0.560. The molecule has 0 saturated carbocycles. The zero-order valence-corrected chi connectivity index (χ0v) is 42.9. The Kier molecular flexibility index (Phi) is 21.3. The maximum Gasteiger partial charge on any atom is 0.132 e. The third kappa shape index (κ3) is 13.2. The molecule has 0 radical (unpaired) electrons. The van der Waals surface area contributed by atoms with E-state index in [0.29, 0.717) is 17.2 Å². The van der Waals surface area contributed by atoms with Gasteiger partial charge in [-0.3, -0.25) is 0 Å². The molecule has 0 fully saturated rings. The second-order valence-corrected chi connectivity index (χ2v) is 31.6. The van der Waals surface area contributed by atoms with E-state index in [0.717, 1.165) is 5.56 Å². The Labute approximate surface area is 381 Å². The second-order valence-electron chi connectivity index (χ2n) is 17.8. The molecule has 0 bridgehead atoms. The summed E-state index contributed by atoms with van der Waals surface area (Å²) in [6.07, 6.45) is 15.1. The van der Waals surface area contributed by atoms with Gasteiger partial charge in [0.1, 0.15) is 11.6 Å². The summed E-state index contributed by atoms with van der Waals surface area (Å²) in [6, 6.07) is 52.8. The fraction of sp³-hybridized carbons (Fsp3) is 0.455. The standard InChI is InChI=1S/C55H77F2NP2Si2/c1-7-13-40-61(41-14-8-2,42-15-9-3)50-36-32-48(33-37-50)59(49-34-38-51(39-35-49)62(43-16-10-4,44-17-11-5)45-18-12-6)58(46-47-26-20-19-21-27-47)60(54-30-24-22-28-52(54)56)55-31-25-23-29-53(55)57/h19-39H,7-18,40-46H2,1-6H3. The molecule has 334 valence electrons. The zero-order valence-electron chi connectivity index (χ0n) is 39.2. The van der Waals surface area contributed by atoms with Gasteiger partial charge in [-0.1, -0.05) is 268 Å². The first-order chi connectivity index (χ1) is 30.3. The molecule has 0 atom stereocenters. The number of benzene rings is 5. The second kappa shape index (κ2) is 26.2. The molecule has 62 heavy (non-hydrogen) atoms. The van der Waals surface area contributed by atoms with Crippen LogP contribution in [0.15, 0.2) is 127 Å². The zero-order chi connectivity index (χ0) is 44.2. The molecule has 1 nitrogen and oxygen atoms in total. The average Bonchev–Trinajstić information content (AvgIpc) is 3.31. The minimum absolute atomic E-state index is 0.280. The van der Waals surface area contributed by atoms with E-state index >= 15 is 8.78 Å². The third-order valence-electron chi connectivity index (χ3n) is 13.3. The third-order valence-corrected chi connectivity index (χ3v) is 29.8. The van der Waals surface area contributed by atoms with Crippen LogP contribution in [0.4, 0.5) is 8.78 Å². The van der Waals surface area contributed by atoms with Crippen LogP contribution in [-0.2, 0) is 6.54 Å². The van der Waals surface area contributed by atoms with Gasteiger partial charge in [0, 0.05) is 33.3 Å². The lowest BCUT2D eigenvalue weighted by Gasteiger charge is -2.40. The van der Waals surface area contributed by atoms with Crippen molar-refractivity contribution in [1.29, 1.82) is 0 Å². The van der Waals surface area contributed by atoms with E-state index in [1.165, 1.54) is 124 Å². The van der Waals surface area contributed by atoms with Crippen molar-refractivity contribution in [3.8, 4) is 0 Å². The Balaban J connectivity index is 1.79. The van der Waals surface area contributed by atoms with E-state index in [4.69, 9.17) is 0 Å². The van der Waals surface area contributed by atoms with Crippen LogP contribution >= 0.6 is 16.1 Å². The van der Waals surface area contributed by atoms with Crippen LogP contribution in [0.5, 0.6) is 0 Å². The van der Waals surface area contributed by atoms with Crippen LogP contribution in [0, 0.1) is 11.6 Å². The van der Waals surface area contributed by atoms with Crippen molar-refractivity contribution >= 4 is 63.9 Å². The Morgan fingerprint density at radius 3 is 1.03 bits per heavy atom. The van der Waals surface area contributed by atoms with Crippen LogP contribution in [-0.4, -0.2) is 20.6 Å². The number of nitrogens with zero attached hydrogens (tertiary/aromatic N) is 1. The topological polar surface area (TPSA) is 3.24 Å². The van der Waals surface area contributed by atoms with E-state index in [2.05, 4.69) is 125 Å². The smallest absolute Gasteiger partial charge is 0.132 e. The summed E-state index contributed by atoms with van der Waals surface area (Å²) in [5, 5.41) is 6.84. The fourth-order valence-electron chi connectivity index (χ4n) is 9.64. The number of hydrogen-bond donors (Lipinski definition) is 0. The maximum absolute atomic E-state index is 16.5. The van der Waals surface area contributed by atoms with E-state index in [9.17, 15) is 0 Å². The van der Waals surface area contributed by atoms with E-state index in [-0.39, 0.29) is 11.6 Å². The minimum atomic E-state index is -1.76. The molecule has 5 aromatic carbocycles. The van der Waals surface area contributed by atoms with Crippen molar-refractivity contribution in [3.05, 3.63) is 145 Å². The number of halogens is 2. The Bertz CT molecular complexity index is 1840. The van der Waals surface area contributed by atoms with Gasteiger partial charge in [0.2, 0.25) is 0 Å². The minimum Gasteiger partial charge on any atom is -0.240 e. The largest absolute Gasteiger partial charge is 0.240 e. The molecule has 0 aromatic heterocycles. The van der Waals surface area contributed by atoms with E-state index in [1.54, 1.807) is 34.6 Å². The molecule has 5 rings (SSSR count). The molecular weight excluding hydrogens is 831 g/mol. The van der Waals surface area contributed by atoms with Crippen molar-refractivity contribution in [2.45, 2.75) is 161 Å². The van der Waals surface area contributed by atoms with Gasteiger partial charge in [0.15, 0.2) is 0 Å². The first-order valence-corrected chi connectivity index (χ1v) is 32.2. The van der Waals surface area contributed by atoms with Crippen molar-refractivity contribution < 1.29 is 8.78 Å². The van der Waals surface area contributed by atoms with Gasteiger partial charge in [0.05, 0.1) is 16.1 Å². The molecule has 0 aliphatic carbocycles. The summed E-state index contributed by atoms with van der Waals surface area (Å²) >= 11 is 0. The first-order valence-electron chi connectivity index (χ1n) is 24.4. The van der Waals surface area contributed by atoms with Crippen LogP contribution in [0.1, 0.15) is 124 Å². The molecule has 0 heterocycles. The summed E-state index contributed by atoms with van der Waals surface area (Å²) in [5.41, 5.74) is 1.14. The summed E-state index contributed by atoms with van der Waals surface area (Å²) in [7, 11) is -6.42. The van der Waals surface area contributed by atoms with Gasteiger partial charge in [-0.2, -0.15) is 0 Å². The molecule has 0 spiro atoms. The number of hydrogen-bond acceptors (Lipinski definition) is 1. The van der Waals surface area contributed by atoms with Crippen molar-refractivity contribution in [3.63, 3.8) is 0 Å². The van der Waals surface area contributed by atoms with Crippen molar-refractivity contribution in [2.75, 3.05) is 0 Å². The predicted octanol–water partition coefficient (Wildman–Crippen LogP) is 15.0. The molecule has 0 saturated heterocycles. The summed E-state index contributed by atoms with van der Waals surface area (Å²) < 4.78 is 35.5. The molecule has 0 unspecified atom stereocenters. The maximum atomic E-state index is 16.5. The molecular formula is C55H77F2NP2Si2. The van der Waals surface area contributed by atoms with Crippen LogP contribution in [0.25, 0.3) is 0 Å². The highest BCUT2D eigenvalue weighted by Gasteiger charge is 2.38. The Hall–Kier alpha value is -2.79. The fourth-order valence-corrected chi connectivity index (χ4v) is 26.8. The highest BCUT2D eigenvalue weighted by Crippen LogP contribution is 2.56.